The van der Waals surface area contributed by atoms with Gasteiger partial charge >= 0.3 is 0 Å². The minimum absolute atomic E-state index is 0.389. The van der Waals surface area contributed by atoms with E-state index in [1.54, 1.807) is 12.5 Å². The van der Waals surface area contributed by atoms with Crippen molar-refractivity contribution in [2.75, 3.05) is 0 Å². The number of fused-ring (bicyclic) bond motifs is 1. The average Bonchev–Trinajstić information content (AvgIpc) is 3.56. The van der Waals surface area contributed by atoms with E-state index in [9.17, 15) is 0 Å². The Labute approximate surface area is 221 Å². The highest BCUT2D eigenvalue weighted by atomic mass is 16.5. The van der Waals surface area contributed by atoms with Gasteiger partial charge in [-0.25, -0.2) is 34.3 Å². The molecule has 0 amide bonds. The van der Waals surface area contributed by atoms with Gasteiger partial charge in [0.05, 0.1) is 23.8 Å². The van der Waals surface area contributed by atoms with Crippen LogP contribution in [0.15, 0.2) is 43.0 Å². The number of hydrogen-bond acceptors (Lipinski definition) is 8. The fourth-order valence-electron chi connectivity index (χ4n) is 4.55. The van der Waals surface area contributed by atoms with Gasteiger partial charge in [0.1, 0.15) is 23.3 Å². The Morgan fingerprint density at radius 1 is 0.974 bits per heavy atom. The first kappa shape index (κ1) is 24.1. The molecule has 1 aliphatic rings. The minimum Gasteiger partial charge on any atom is -0.471 e. The number of nitrogens with zero attached hydrogens (tertiary/aromatic N) is 9. The van der Waals surface area contributed by atoms with Gasteiger partial charge in [-0.15, -0.1) is 0 Å². The predicted octanol–water partition coefficient (Wildman–Crippen LogP) is 4.97. The monoisotopic (exact) mass is 509 g/mol. The molecule has 0 radical (unpaired) electrons. The maximum atomic E-state index is 6.23. The van der Waals surface area contributed by atoms with Crippen LogP contribution in [-0.2, 0) is 13.1 Å². The Morgan fingerprint density at radius 3 is 2.47 bits per heavy atom. The van der Waals surface area contributed by atoms with Crippen LogP contribution in [0.1, 0.15) is 63.5 Å². The van der Waals surface area contributed by atoms with Gasteiger partial charge in [-0.1, -0.05) is 24.3 Å². The molecule has 10 heteroatoms. The third-order valence-corrected chi connectivity index (χ3v) is 6.43. The van der Waals surface area contributed by atoms with Gasteiger partial charge in [-0.05, 0) is 53.0 Å². The SMILES string of the molecule is CCn1nc(C)nc1-c1ccc(Cn2ncc3cnc(-c4c(OC(C)(C)C)ncnc4C4CC4)nc32)cc1. The van der Waals surface area contributed by atoms with E-state index in [1.807, 2.05) is 43.3 Å². The summed E-state index contributed by atoms with van der Waals surface area (Å²) in [6.07, 6.45) is 7.39. The molecule has 1 fully saturated rings. The second-order valence-corrected chi connectivity index (χ2v) is 10.7. The van der Waals surface area contributed by atoms with Crippen molar-refractivity contribution >= 4 is 11.0 Å². The van der Waals surface area contributed by atoms with Crippen LogP contribution in [-0.4, -0.2) is 50.1 Å². The molecule has 4 heterocycles. The summed E-state index contributed by atoms with van der Waals surface area (Å²) in [7, 11) is 0. The largest absolute Gasteiger partial charge is 0.471 e. The Bertz CT molecular complexity index is 1610. The van der Waals surface area contributed by atoms with Crippen LogP contribution < -0.4 is 4.74 Å². The number of aryl methyl sites for hydroxylation is 2. The highest BCUT2D eigenvalue weighted by Gasteiger charge is 2.32. The van der Waals surface area contributed by atoms with Crippen molar-refractivity contribution in [3.8, 4) is 28.7 Å². The van der Waals surface area contributed by atoms with Crippen molar-refractivity contribution in [1.29, 1.82) is 0 Å². The smallest absolute Gasteiger partial charge is 0.228 e. The number of benzene rings is 1. The van der Waals surface area contributed by atoms with E-state index in [4.69, 9.17) is 9.72 Å². The Hall–Kier alpha value is -4.21. The predicted molar refractivity (Wildman–Crippen MR) is 144 cm³/mol. The van der Waals surface area contributed by atoms with Crippen molar-refractivity contribution in [2.45, 2.75) is 72.1 Å². The lowest BCUT2D eigenvalue weighted by atomic mass is 10.1. The number of rotatable bonds is 7. The van der Waals surface area contributed by atoms with E-state index in [-0.39, 0.29) is 0 Å². The number of ether oxygens (including phenoxy) is 1. The van der Waals surface area contributed by atoms with Gasteiger partial charge in [0, 0.05) is 24.2 Å². The first-order valence-corrected chi connectivity index (χ1v) is 13.0. The number of hydrogen-bond donors (Lipinski definition) is 0. The second kappa shape index (κ2) is 9.27. The van der Waals surface area contributed by atoms with Gasteiger partial charge in [-0.2, -0.15) is 10.2 Å². The molecule has 0 atom stereocenters. The summed E-state index contributed by atoms with van der Waals surface area (Å²) in [5.74, 6) is 3.12. The summed E-state index contributed by atoms with van der Waals surface area (Å²) in [5.41, 5.74) is 4.22. The highest BCUT2D eigenvalue weighted by Crippen LogP contribution is 2.45. The third-order valence-electron chi connectivity index (χ3n) is 6.43. The van der Waals surface area contributed by atoms with Crippen LogP contribution in [0.2, 0.25) is 0 Å². The Morgan fingerprint density at radius 2 is 1.76 bits per heavy atom. The molecular weight excluding hydrogens is 478 g/mol. The van der Waals surface area contributed by atoms with Crippen molar-refractivity contribution in [1.82, 2.24) is 44.5 Å². The molecule has 5 aromatic rings. The summed E-state index contributed by atoms with van der Waals surface area (Å²) in [6.45, 7) is 11.4. The lowest BCUT2D eigenvalue weighted by molar-refractivity contribution is 0.124. The van der Waals surface area contributed by atoms with E-state index in [0.717, 1.165) is 64.5 Å². The van der Waals surface area contributed by atoms with Crippen LogP contribution in [0.25, 0.3) is 33.8 Å². The molecule has 10 nitrogen and oxygen atoms in total. The van der Waals surface area contributed by atoms with Crippen LogP contribution in [0.5, 0.6) is 5.88 Å². The fourth-order valence-corrected chi connectivity index (χ4v) is 4.55. The zero-order chi connectivity index (χ0) is 26.4. The lowest BCUT2D eigenvalue weighted by Gasteiger charge is -2.22. The van der Waals surface area contributed by atoms with Gasteiger partial charge in [0.15, 0.2) is 17.3 Å². The van der Waals surface area contributed by atoms with Gasteiger partial charge in [0.25, 0.3) is 0 Å². The first-order valence-electron chi connectivity index (χ1n) is 13.0. The normalized spacial score (nSPS) is 13.8. The summed E-state index contributed by atoms with van der Waals surface area (Å²) in [6, 6.07) is 8.35. The van der Waals surface area contributed by atoms with Gasteiger partial charge in [0.2, 0.25) is 5.88 Å². The molecule has 1 aromatic carbocycles. The van der Waals surface area contributed by atoms with Crippen molar-refractivity contribution in [3.05, 3.63) is 60.1 Å². The number of aromatic nitrogens is 9. The quantitative estimate of drug-likeness (QED) is 0.302. The van der Waals surface area contributed by atoms with E-state index in [1.165, 1.54) is 0 Å². The zero-order valence-electron chi connectivity index (χ0n) is 22.4. The van der Waals surface area contributed by atoms with Gasteiger partial charge < -0.3 is 4.74 Å². The Balaban J connectivity index is 1.34. The molecule has 0 saturated heterocycles. The second-order valence-electron chi connectivity index (χ2n) is 10.7. The van der Waals surface area contributed by atoms with Crippen LogP contribution in [0.4, 0.5) is 0 Å². The zero-order valence-corrected chi connectivity index (χ0v) is 22.4. The lowest BCUT2D eigenvalue weighted by Crippen LogP contribution is -2.24. The van der Waals surface area contributed by atoms with E-state index in [0.29, 0.717) is 24.2 Å². The third kappa shape index (κ3) is 4.73. The van der Waals surface area contributed by atoms with E-state index < -0.39 is 5.60 Å². The summed E-state index contributed by atoms with van der Waals surface area (Å²) in [5, 5.41) is 9.95. The van der Waals surface area contributed by atoms with Crippen molar-refractivity contribution in [2.24, 2.45) is 0 Å². The molecule has 1 saturated carbocycles. The standard InChI is InChI=1S/C28H31N9O/c1-6-36-25(33-17(2)35-36)20-9-7-18(8-10-20)15-37-26-21(14-32-37)13-29-24(34-26)22-23(19-11-12-19)30-16-31-27(22)38-28(3,4)5/h7-10,13-14,16,19H,6,11-12,15H2,1-5H3. The summed E-state index contributed by atoms with van der Waals surface area (Å²) in [4.78, 5) is 23.3. The molecule has 6 rings (SSSR count). The highest BCUT2D eigenvalue weighted by molar-refractivity contribution is 5.77. The van der Waals surface area contributed by atoms with E-state index in [2.05, 4.69) is 61.3 Å². The molecule has 0 N–H and O–H groups in total. The molecule has 0 unspecified atom stereocenters. The molecule has 1 aliphatic carbocycles. The topological polar surface area (TPSA) is 109 Å². The fraction of sp³-hybridized carbons (Fsp3) is 0.393. The van der Waals surface area contributed by atoms with Crippen LogP contribution in [0, 0.1) is 6.92 Å². The average molecular weight is 510 g/mol. The summed E-state index contributed by atoms with van der Waals surface area (Å²) >= 11 is 0. The van der Waals surface area contributed by atoms with E-state index >= 15 is 0 Å². The van der Waals surface area contributed by atoms with Crippen molar-refractivity contribution in [3.63, 3.8) is 0 Å². The summed E-state index contributed by atoms with van der Waals surface area (Å²) < 4.78 is 10.0. The van der Waals surface area contributed by atoms with Crippen LogP contribution in [0.3, 0.4) is 0 Å². The maximum absolute atomic E-state index is 6.23. The molecule has 0 aliphatic heterocycles. The Kier molecular flexibility index (Phi) is 5.89. The molecule has 0 spiro atoms. The van der Waals surface area contributed by atoms with Gasteiger partial charge in [-0.3, -0.25) is 0 Å². The minimum atomic E-state index is -0.412. The first-order chi connectivity index (χ1) is 18.3. The van der Waals surface area contributed by atoms with Crippen LogP contribution >= 0.6 is 0 Å². The molecule has 38 heavy (non-hydrogen) atoms. The molecule has 194 valence electrons. The van der Waals surface area contributed by atoms with Crippen molar-refractivity contribution < 1.29 is 4.74 Å². The molecular formula is C28H31N9O. The molecule has 0 bridgehead atoms. The molecule has 4 aromatic heterocycles. The maximum Gasteiger partial charge on any atom is 0.228 e.